The number of nitrogens with zero attached hydrogens (tertiary/aromatic N) is 18. The molecule has 12 aromatic heterocycles. The second kappa shape index (κ2) is 36.0. The number of nitrogens with two attached hydrogens (primary N) is 4. The van der Waals surface area contributed by atoms with Crippen LogP contribution in [0, 0.1) is 5.92 Å². The van der Waals surface area contributed by atoms with E-state index in [0.29, 0.717) is 46.5 Å². The molecule has 0 spiro atoms. The summed E-state index contributed by atoms with van der Waals surface area (Å²) < 4.78 is 255. The Morgan fingerprint density at radius 3 is 1.26 bits per heavy atom. The second-order valence-corrected chi connectivity index (χ2v) is 28.1. The van der Waals surface area contributed by atoms with Gasteiger partial charge < -0.3 is 37.1 Å². The Morgan fingerprint density at radius 2 is 0.853 bits per heavy atom. The van der Waals surface area contributed by atoms with Gasteiger partial charge in [0.25, 0.3) is 23.2 Å². The lowest BCUT2D eigenvalue weighted by Gasteiger charge is -2.28. The highest BCUT2D eigenvalue weighted by Crippen LogP contribution is 2.44. The minimum Gasteiger partial charge on any atom is -0.418 e. The first-order valence-corrected chi connectivity index (χ1v) is 34.9. The maximum Gasteiger partial charge on any atom is 0.416 e. The van der Waals surface area contributed by atoms with Crippen molar-refractivity contribution < 1.29 is 102 Å². The van der Waals surface area contributed by atoms with Crippen molar-refractivity contribution in [2.24, 2.45) is 5.92 Å². The van der Waals surface area contributed by atoms with Crippen LogP contribution in [0.4, 0.5) is 93.5 Å². The molecule has 0 unspecified atom stereocenters. The molecule has 2 fully saturated rings. The summed E-state index contributed by atoms with van der Waals surface area (Å²) in [7, 11) is -4.67. The summed E-state index contributed by atoms with van der Waals surface area (Å²) >= 11 is 5.24. The number of nitrogens with one attached hydrogen (secondary N) is 2. The van der Waals surface area contributed by atoms with Crippen LogP contribution >= 0.6 is 11.6 Å². The molecule has 50 heteroatoms. The third-order valence-corrected chi connectivity index (χ3v) is 16.2. The molecule has 0 saturated heterocycles. The number of nitrogen functional groups attached to an aromatic ring is 4. The molecule has 0 atom stereocenters. The number of H-pyrrole nitrogens is 2. The Labute approximate surface area is 649 Å². The molecule has 0 amide bonds. The van der Waals surface area contributed by atoms with E-state index in [2.05, 4.69) is 85.3 Å². The first kappa shape index (κ1) is 91.4. The molecular formula is C66H71ClF16N24O8S. The number of anilines is 4. The number of hydrogen-bond donors (Lipinski definition) is 8. The zero-order chi connectivity index (χ0) is 85.4. The Morgan fingerprint density at radius 1 is 0.491 bits per heavy atom. The van der Waals surface area contributed by atoms with Gasteiger partial charge in [-0.3, -0.25) is 28.8 Å². The monoisotopic (exact) mass is 1700 g/mol. The van der Waals surface area contributed by atoms with Crippen LogP contribution in [0.3, 0.4) is 0 Å². The van der Waals surface area contributed by atoms with E-state index in [1.165, 1.54) is 30.0 Å². The van der Waals surface area contributed by atoms with Gasteiger partial charge in [-0.1, -0.05) is 26.0 Å². The van der Waals surface area contributed by atoms with Crippen molar-refractivity contribution in [2.45, 2.75) is 161 Å². The van der Waals surface area contributed by atoms with Gasteiger partial charge in [0.15, 0.2) is 22.6 Å². The smallest absolute Gasteiger partial charge is 0.416 e. The summed E-state index contributed by atoms with van der Waals surface area (Å²) in [6, 6.07) is 6.06. The van der Waals surface area contributed by atoms with Gasteiger partial charge in [-0.15, -0.1) is 15.3 Å². The molecule has 0 aliphatic heterocycles. The minimum atomic E-state index is -4.67. The van der Waals surface area contributed by atoms with E-state index in [4.69, 9.17) is 66.3 Å². The molecule has 116 heavy (non-hydrogen) atoms. The van der Waals surface area contributed by atoms with Crippen LogP contribution in [-0.2, 0) is 46.2 Å². The summed E-state index contributed by atoms with van der Waals surface area (Å²) in [5.41, 5.74) is 20.2. The van der Waals surface area contributed by atoms with Crippen LogP contribution in [0.15, 0.2) is 103 Å². The molecule has 2 aliphatic rings. The maximum atomic E-state index is 13.5. The predicted octanol–water partition coefficient (Wildman–Crippen LogP) is 15.9. The van der Waals surface area contributed by atoms with Crippen molar-refractivity contribution in [3.8, 4) is 35.3 Å². The SMILES string of the molecule is C.CC(C)(C)n1[nH]c(=O)c2c(N)ncnc21.CC(C)(C)n1nc(Oc2cc(C(F)(F)F)ccn2)c2c(N)ncnc21.CC1CCC(F)(F)CC1.FC(F)(F)c1ccnc(Cl)c1.Nc1ncnc2[nH]nc(Oc3cc(C(F)(F)F)ccn3)c12.Nc1ncnc2c1c(Oc1cc(C(F)(F)F)ccn1)nn2C1CCC(F)(F)CC1.O=S(=O)(O)O. The fourth-order valence-electron chi connectivity index (χ4n) is 10.4. The van der Waals surface area contributed by atoms with Crippen LogP contribution in [-0.4, -0.2) is 129 Å². The minimum absolute atomic E-state index is 0. The fraction of sp³-hybridized carbons (Fsp3) is 0.394. The van der Waals surface area contributed by atoms with Gasteiger partial charge in [-0.2, -0.15) is 61.1 Å². The standard InChI is InChI=1S/C17H15F5N6O.C15H15F3N6O.C11H7F3N6O.C9H13N5O.C7H12F2.C6H3ClF3N.CH4.H2O4S/c18-16(19)4-1-10(2-5-16)28-14-12(13(23)25-8-26-14)15(27-28)29-11-7-9(3-6-24-11)17(20,21)22;1-14(2,3)24-12-10(11(19)21-7-22-12)13(23-24)25-9-6-8(4-5-20-9)15(16,17)18;12-11(13,14)5-1-2-16-6(3-5)21-10-7-8(15)17-4-18-9(7)19-20-10;1-9(2,3)14-7-5(8(15)13-14)6(10)11-4-12-7;1-6-2-4-7(8,9)5-3-6;7-5-3-4(1-2-11-5)6(8,9)10;;1-5(2,3)4/h3,6-8,10H,1-2,4-5H2,(H2,23,25,26);4-7H,1-3H3,(H2,19,21,22);1-4H,(H3,15,17,18,19,20);4H,1-3H3,(H,13,15)(H2,10,11,12);6H,2-5H2,1H3;1-3H;1H4;(H2,1,2,3,4). The van der Waals surface area contributed by atoms with Crippen LogP contribution in [0.1, 0.15) is 136 Å². The number of halogens is 17. The molecule has 12 aromatic rings. The average Bonchev–Trinajstić information content (AvgIpc) is 1.64. The van der Waals surface area contributed by atoms with Gasteiger partial charge in [-0.05, 0) is 103 Å². The van der Waals surface area contributed by atoms with Gasteiger partial charge in [0.05, 0.1) is 39.4 Å². The molecule has 2 aliphatic carbocycles. The highest BCUT2D eigenvalue weighted by Gasteiger charge is 2.39. The lowest BCUT2D eigenvalue weighted by atomic mass is 9.88. The number of pyridine rings is 4. The summed E-state index contributed by atoms with van der Waals surface area (Å²) in [5.74, 6) is -5.17. The molecule has 12 N–H and O–H groups in total. The van der Waals surface area contributed by atoms with Gasteiger partial charge in [0.1, 0.15) is 75.3 Å². The summed E-state index contributed by atoms with van der Waals surface area (Å²) in [4.78, 5) is 57.9. The molecule has 0 bridgehead atoms. The van der Waals surface area contributed by atoms with Crippen molar-refractivity contribution in [1.29, 1.82) is 0 Å². The van der Waals surface area contributed by atoms with E-state index >= 15 is 0 Å². The summed E-state index contributed by atoms with van der Waals surface area (Å²) in [6.45, 7) is 13.6. The van der Waals surface area contributed by atoms with Gasteiger partial charge in [0.2, 0.25) is 29.5 Å². The van der Waals surface area contributed by atoms with Crippen molar-refractivity contribution >= 4 is 89.4 Å². The summed E-state index contributed by atoms with van der Waals surface area (Å²) in [5, 5.41) is 18.6. The molecular weight excluding hydrogens is 1630 g/mol. The topological polar surface area (TPSA) is 463 Å². The maximum absolute atomic E-state index is 13.5. The molecule has 628 valence electrons. The lowest BCUT2D eigenvalue weighted by Crippen LogP contribution is -2.26. The molecule has 32 nitrogen and oxygen atoms in total. The van der Waals surface area contributed by atoms with Crippen molar-refractivity contribution in [3.63, 3.8) is 0 Å². The first-order chi connectivity index (χ1) is 53.2. The number of ether oxygens (including phenoxy) is 3. The van der Waals surface area contributed by atoms with E-state index in [0.717, 1.165) is 73.3 Å². The Balaban J connectivity index is 0.000000197. The van der Waals surface area contributed by atoms with E-state index in [-0.39, 0.29) is 143 Å². The number of hydrogen-bond acceptors (Lipinski definition) is 25. The zero-order valence-electron chi connectivity index (χ0n) is 60.6. The normalized spacial score (nSPS) is 14.6. The van der Waals surface area contributed by atoms with Gasteiger partial charge >= 0.3 is 35.1 Å². The van der Waals surface area contributed by atoms with E-state index in [1.54, 1.807) is 9.36 Å². The highest BCUT2D eigenvalue weighted by molar-refractivity contribution is 7.79. The van der Waals surface area contributed by atoms with E-state index < -0.39 is 74.7 Å². The quantitative estimate of drug-likeness (QED) is 0.0417. The van der Waals surface area contributed by atoms with E-state index in [1.807, 2.05) is 48.5 Å². The molecule has 0 radical (unpaired) electrons. The number of rotatable bonds is 7. The third kappa shape index (κ3) is 24.9. The lowest BCUT2D eigenvalue weighted by molar-refractivity contribution is -0.138. The number of aromatic amines is 2. The zero-order valence-corrected chi connectivity index (χ0v) is 62.2. The predicted molar refractivity (Wildman–Crippen MR) is 386 cm³/mol. The van der Waals surface area contributed by atoms with Crippen LogP contribution < -0.4 is 42.7 Å². The number of aromatic nitrogens is 20. The van der Waals surface area contributed by atoms with Crippen LogP contribution in [0.5, 0.6) is 35.3 Å². The highest BCUT2D eigenvalue weighted by atomic mass is 35.5. The number of alkyl halides is 16. The second-order valence-electron chi connectivity index (χ2n) is 26.9. The average molecular weight is 1700 g/mol. The van der Waals surface area contributed by atoms with Gasteiger partial charge in [-0.25, -0.2) is 86.7 Å². The van der Waals surface area contributed by atoms with Gasteiger partial charge in [0, 0.05) is 68.7 Å². The third-order valence-electron chi connectivity index (χ3n) is 16.0. The van der Waals surface area contributed by atoms with Crippen molar-refractivity contribution in [2.75, 3.05) is 22.9 Å². The molecule has 14 rings (SSSR count). The van der Waals surface area contributed by atoms with E-state index in [9.17, 15) is 75.0 Å². The van der Waals surface area contributed by atoms with Crippen molar-refractivity contribution in [1.82, 2.24) is 99.3 Å². The summed E-state index contributed by atoms with van der Waals surface area (Å²) in [6.07, 6.45) is -7.53. The Kier molecular flexibility index (Phi) is 28.3. The molecule has 2 saturated carbocycles. The molecule has 0 aromatic carbocycles. The van der Waals surface area contributed by atoms with Crippen LogP contribution in [0.2, 0.25) is 5.15 Å². The first-order valence-electron chi connectivity index (χ1n) is 33.1. The van der Waals surface area contributed by atoms with Crippen LogP contribution in [0.25, 0.3) is 44.1 Å². The number of fused-ring (bicyclic) bond motifs is 4. The Bertz CT molecular complexity index is 5510. The largest absolute Gasteiger partial charge is 0.418 e. The molecule has 12 heterocycles. The Hall–Kier alpha value is -11.8. The van der Waals surface area contributed by atoms with Crippen molar-refractivity contribution in [3.05, 3.63) is 136 Å². The fourth-order valence-corrected chi connectivity index (χ4v) is 10.6.